The highest BCUT2D eigenvalue weighted by Crippen LogP contribution is 2.06. The lowest BCUT2D eigenvalue weighted by Gasteiger charge is -2.27. The zero-order valence-corrected chi connectivity index (χ0v) is 14.4. The zero-order valence-electron chi connectivity index (χ0n) is 11.4. The van der Waals surface area contributed by atoms with Gasteiger partial charge < -0.3 is 15.5 Å². The molecule has 0 radical (unpaired) electrons. The second-order valence-electron chi connectivity index (χ2n) is 4.71. The molecular weight excluding hydrogens is 389 g/mol. The summed E-state index contributed by atoms with van der Waals surface area (Å²) in [6, 6.07) is 7.65. The molecule has 1 heterocycles. The van der Waals surface area contributed by atoms with Crippen molar-refractivity contribution in [1.29, 1.82) is 0 Å². The van der Waals surface area contributed by atoms with Gasteiger partial charge >= 0.3 is 0 Å². The van der Waals surface area contributed by atoms with Crippen LogP contribution >= 0.6 is 35.0 Å². The second kappa shape index (κ2) is 9.55. The van der Waals surface area contributed by atoms with Gasteiger partial charge in [0.2, 0.25) is 0 Å². The molecule has 1 amide bonds. The van der Waals surface area contributed by atoms with Crippen LogP contribution in [0.2, 0.25) is 0 Å². The fraction of sp³-hybridized carbons (Fsp3) is 0.500. The first-order chi connectivity index (χ1) is 9.25. The minimum atomic E-state index is 0. The minimum absolute atomic E-state index is 0. The molecule has 0 bridgehead atoms. The molecule has 1 aromatic rings. The van der Waals surface area contributed by atoms with Crippen LogP contribution in [0.3, 0.4) is 0 Å². The number of nitrogens with one attached hydrogen (secondary N) is 2. The Kier molecular flexibility index (Phi) is 8.44. The summed E-state index contributed by atoms with van der Waals surface area (Å²) in [6.45, 7) is 6.20. The number of carbonyl (C=O) groups excluding carboxylic acids is 1. The normalized spacial score (nSPS) is 15.4. The number of hydrogen-bond acceptors (Lipinski definition) is 3. The summed E-state index contributed by atoms with van der Waals surface area (Å²) < 4.78 is 1.15. The van der Waals surface area contributed by atoms with Crippen molar-refractivity contribution in [2.45, 2.75) is 6.42 Å². The van der Waals surface area contributed by atoms with E-state index in [0.717, 1.165) is 54.8 Å². The number of halogens is 2. The van der Waals surface area contributed by atoms with E-state index < -0.39 is 0 Å². The maximum absolute atomic E-state index is 11.9. The Hall–Kier alpha value is -0.370. The van der Waals surface area contributed by atoms with Crippen molar-refractivity contribution in [2.75, 3.05) is 39.3 Å². The van der Waals surface area contributed by atoms with Crippen molar-refractivity contribution in [3.8, 4) is 0 Å². The number of nitrogens with zero attached hydrogens (tertiary/aromatic N) is 1. The van der Waals surface area contributed by atoms with E-state index in [2.05, 4.69) is 38.1 Å². The van der Waals surface area contributed by atoms with Crippen LogP contribution in [0.5, 0.6) is 0 Å². The predicted octanol–water partition coefficient (Wildman–Crippen LogP) is 1.74. The molecule has 1 aliphatic rings. The van der Waals surface area contributed by atoms with Gasteiger partial charge in [-0.2, -0.15) is 0 Å². The van der Waals surface area contributed by atoms with E-state index in [1.165, 1.54) is 0 Å². The number of benzene rings is 1. The predicted molar refractivity (Wildman–Crippen MR) is 92.7 cm³/mol. The molecule has 1 saturated heterocycles. The molecule has 0 atom stereocenters. The Bertz CT molecular complexity index is 407. The molecular formula is C14H21ClIN3O. The van der Waals surface area contributed by atoms with E-state index in [1.807, 2.05) is 24.3 Å². The molecule has 0 spiro atoms. The van der Waals surface area contributed by atoms with Gasteiger partial charge in [-0.25, -0.2) is 0 Å². The summed E-state index contributed by atoms with van der Waals surface area (Å²) in [5, 5.41) is 6.31. The topological polar surface area (TPSA) is 44.4 Å². The van der Waals surface area contributed by atoms with Crippen LogP contribution in [0, 0.1) is 3.57 Å². The Labute approximate surface area is 140 Å². The molecule has 20 heavy (non-hydrogen) atoms. The van der Waals surface area contributed by atoms with E-state index in [1.54, 1.807) is 0 Å². The molecule has 0 aliphatic carbocycles. The van der Waals surface area contributed by atoms with Gasteiger partial charge in [0, 0.05) is 41.9 Å². The summed E-state index contributed by atoms with van der Waals surface area (Å²) in [7, 11) is 0. The first-order valence-electron chi connectivity index (χ1n) is 6.72. The van der Waals surface area contributed by atoms with E-state index in [-0.39, 0.29) is 18.3 Å². The second-order valence-corrected chi connectivity index (χ2v) is 5.95. The van der Waals surface area contributed by atoms with Crippen LogP contribution in [0.1, 0.15) is 16.8 Å². The van der Waals surface area contributed by atoms with Gasteiger partial charge in [-0.3, -0.25) is 4.79 Å². The summed E-state index contributed by atoms with van der Waals surface area (Å²) in [4.78, 5) is 14.3. The van der Waals surface area contributed by atoms with Crippen LogP contribution < -0.4 is 10.6 Å². The van der Waals surface area contributed by atoms with Crippen LogP contribution in [0.15, 0.2) is 24.3 Å². The van der Waals surface area contributed by atoms with Crippen LogP contribution in [0.4, 0.5) is 0 Å². The lowest BCUT2D eigenvalue weighted by atomic mass is 10.2. The van der Waals surface area contributed by atoms with Crippen molar-refractivity contribution >= 4 is 40.9 Å². The number of carbonyl (C=O) groups is 1. The van der Waals surface area contributed by atoms with Gasteiger partial charge in [0.25, 0.3) is 5.91 Å². The molecule has 6 heteroatoms. The van der Waals surface area contributed by atoms with Gasteiger partial charge in [0.1, 0.15) is 0 Å². The first-order valence-corrected chi connectivity index (χ1v) is 7.80. The summed E-state index contributed by atoms with van der Waals surface area (Å²) in [5.74, 6) is 0.0247. The largest absolute Gasteiger partial charge is 0.352 e. The molecule has 2 rings (SSSR count). The Morgan fingerprint density at radius 3 is 2.55 bits per heavy atom. The van der Waals surface area contributed by atoms with Gasteiger partial charge in [-0.15, -0.1) is 12.4 Å². The van der Waals surface area contributed by atoms with Crippen molar-refractivity contribution < 1.29 is 4.79 Å². The maximum Gasteiger partial charge on any atom is 0.251 e. The standard InChI is InChI=1S/C14H20IN3O.ClH/c15-13-4-2-12(3-5-13)14(19)17-6-1-9-18-10-7-16-8-11-18;/h2-5,16H,1,6-11H2,(H,17,19);1H. The maximum atomic E-state index is 11.9. The third-order valence-corrected chi connectivity index (χ3v) is 3.97. The molecule has 4 nitrogen and oxygen atoms in total. The monoisotopic (exact) mass is 409 g/mol. The average molecular weight is 410 g/mol. The number of hydrogen-bond donors (Lipinski definition) is 2. The van der Waals surface area contributed by atoms with Crippen LogP contribution in [0.25, 0.3) is 0 Å². The average Bonchev–Trinajstić information content (AvgIpc) is 2.45. The summed E-state index contributed by atoms with van der Waals surface area (Å²) in [5.41, 5.74) is 0.739. The van der Waals surface area contributed by atoms with Crippen molar-refractivity contribution in [2.24, 2.45) is 0 Å². The van der Waals surface area contributed by atoms with E-state index in [0.29, 0.717) is 0 Å². The highest BCUT2D eigenvalue weighted by atomic mass is 127. The van der Waals surface area contributed by atoms with Crippen molar-refractivity contribution in [3.63, 3.8) is 0 Å². The molecule has 0 unspecified atom stereocenters. The van der Waals surface area contributed by atoms with E-state index in [9.17, 15) is 4.79 Å². The third-order valence-electron chi connectivity index (χ3n) is 3.25. The Balaban J connectivity index is 0.00000200. The van der Waals surface area contributed by atoms with Gasteiger partial charge in [-0.1, -0.05) is 0 Å². The lowest BCUT2D eigenvalue weighted by Crippen LogP contribution is -2.44. The molecule has 1 aromatic carbocycles. The third kappa shape index (κ3) is 5.95. The van der Waals surface area contributed by atoms with Gasteiger partial charge in [0.05, 0.1) is 0 Å². The van der Waals surface area contributed by atoms with Crippen molar-refractivity contribution in [3.05, 3.63) is 33.4 Å². The Morgan fingerprint density at radius 1 is 1.25 bits per heavy atom. The molecule has 1 aliphatic heterocycles. The molecule has 112 valence electrons. The highest BCUT2D eigenvalue weighted by molar-refractivity contribution is 14.1. The van der Waals surface area contributed by atoms with Gasteiger partial charge in [0.15, 0.2) is 0 Å². The fourth-order valence-electron chi connectivity index (χ4n) is 2.14. The van der Waals surface area contributed by atoms with E-state index in [4.69, 9.17) is 0 Å². The van der Waals surface area contributed by atoms with E-state index >= 15 is 0 Å². The minimum Gasteiger partial charge on any atom is -0.352 e. The smallest absolute Gasteiger partial charge is 0.251 e. The fourth-order valence-corrected chi connectivity index (χ4v) is 2.50. The zero-order chi connectivity index (χ0) is 13.5. The number of amides is 1. The number of rotatable bonds is 5. The van der Waals surface area contributed by atoms with Crippen LogP contribution in [-0.4, -0.2) is 50.1 Å². The Morgan fingerprint density at radius 2 is 1.90 bits per heavy atom. The molecule has 0 aromatic heterocycles. The summed E-state index contributed by atoms with van der Waals surface area (Å²) >= 11 is 2.24. The quantitative estimate of drug-likeness (QED) is 0.575. The SMILES string of the molecule is Cl.O=C(NCCCN1CCNCC1)c1ccc(I)cc1. The molecule has 2 N–H and O–H groups in total. The van der Waals surface area contributed by atoms with Crippen molar-refractivity contribution in [1.82, 2.24) is 15.5 Å². The van der Waals surface area contributed by atoms with Gasteiger partial charge in [-0.05, 0) is 59.8 Å². The highest BCUT2D eigenvalue weighted by Gasteiger charge is 2.09. The lowest BCUT2D eigenvalue weighted by molar-refractivity contribution is 0.0951. The summed E-state index contributed by atoms with van der Waals surface area (Å²) in [6.07, 6.45) is 1.01. The van der Waals surface area contributed by atoms with Crippen LogP contribution in [-0.2, 0) is 0 Å². The first kappa shape index (κ1) is 17.7. The molecule has 0 saturated carbocycles. The number of piperazine rings is 1. The molecule has 1 fully saturated rings.